The molecule has 98 valence electrons. The van der Waals surface area contributed by atoms with Gasteiger partial charge in [-0.1, -0.05) is 53.4 Å². The van der Waals surface area contributed by atoms with Crippen LogP contribution in [0.15, 0.2) is 0 Å². The summed E-state index contributed by atoms with van der Waals surface area (Å²) >= 11 is 0. The second-order valence-corrected chi connectivity index (χ2v) is 4.89. The predicted molar refractivity (Wildman–Crippen MR) is 67.2 cm³/mol. The molecule has 2 unspecified atom stereocenters. The first-order chi connectivity index (χ1) is 7.59. The third kappa shape index (κ3) is 4.03. The summed E-state index contributed by atoms with van der Waals surface area (Å²) in [5.74, 6) is 0.227. The lowest BCUT2D eigenvalue weighted by Crippen LogP contribution is -2.40. The standard InChI is InChI=1S/C14H28F2/c1-5-9-13(12(7-3)8-4)14(16,11-15)10-6-2/h12-13H,5-11H2,1-4H3. The Balaban J connectivity index is 4.82. The average Bonchev–Trinajstić information content (AvgIpc) is 2.29. The molecule has 0 aliphatic rings. The second kappa shape index (κ2) is 8.03. The maximum Gasteiger partial charge on any atom is 0.142 e. The highest BCUT2D eigenvalue weighted by Gasteiger charge is 2.41. The summed E-state index contributed by atoms with van der Waals surface area (Å²) in [5.41, 5.74) is -1.58. The maximum absolute atomic E-state index is 14.6. The second-order valence-electron chi connectivity index (χ2n) is 4.89. The van der Waals surface area contributed by atoms with E-state index in [-0.39, 0.29) is 5.92 Å². The summed E-state index contributed by atoms with van der Waals surface area (Å²) in [6.07, 6.45) is 4.75. The Kier molecular flexibility index (Phi) is 7.96. The number of hydrogen-bond acceptors (Lipinski definition) is 0. The molecule has 0 aromatic carbocycles. The van der Waals surface area contributed by atoms with Gasteiger partial charge in [-0.25, -0.2) is 8.78 Å². The van der Waals surface area contributed by atoms with E-state index in [1.807, 2.05) is 6.92 Å². The van der Waals surface area contributed by atoms with Crippen LogP contribution < -0.4 is 0 Å². The highest BCUT2D eigenvalue weighted by molar-refractivity contribution is 4.89. The van der Waals surface area contributed by atoms with E-state index in [4.69, 9.17) is 0 Å². The molecule has 0 N–H and O–H groups in total. The monoisotopic (exact) mass is 234 g/mol. The first kappa shape index (κ1) is 15.9. The van der Waals surface area contributed by atoms with Crippen molar-refractivity contribution in [3.63, 3.8) is 0 Å². The summed E-state index contributed by atoms with van der Waals surface area (Å²) in [5, 5.41) is 0. The van der Waals surface area contributed by atoms with Crippen molar-refractivity contribution < 1.29 is 8.78 Å². The molecular weight excluding hydrogens is 206 g/mol. The molecule has 0 spiro atoms. The Morgan fingerprint density at radius 1 is 1.00 bits per heavy atom. The maximum atomic E-state index is 14.6. The van der Waals surface area contributed by atoms with Crippen molar-refractivity contribution in [3.05, 3.63) is 0 Å². The molecule has 0 radical (unpaired) electrons. The number of halogens is 2. The molecule has 0 saturated heterocycles. The summed E-state index contributed by atoms with van der Waals surface area (Å²) in [7, 11) is 0. The Labute approximate surface area is 99.8 Å². The highest BCUT2D eigenvalue weighted by Crippen LogP contribution is 2.39. The van der Waals surface area contributed by atoms with Crippen LogP contribution in [0.3, 0.4) is 0 Å². The minimum absolute atomic E-state index is 0.0996. The van der Waals surface area contributed by atoms with E-state index in [0.717, 1.165) is 32.1 Å². The van der Waals surface area contributed by atoms with Crippen LogP contribution in [-0.4, -0.2) is 12.3 Å². The zero-order valence-electron chi connectivity index (χ0n) is 11.4. The van der Waals surface area contributed by atoms with Gasteiger partial charge in [0.05, 0.1) is 0 Å². The van der Waals surface area contributed by atoms with E-state index in [0.29, 0.717) is 12.3 Å². The minimum atomic E-state index is -1.58. The zero-order chi connectivity index (χ0) is 12.6. The number of hydrogen-bond donors (Lipinski definition) is 0. The quantitative estimate of drug-likeness (QED) is 0.506. The van der Waals surface area contributed by atoms with Crippen molar-refractivity contribution in [2.24, 2.45) is 11.8 Å². The normalized spacial score (nSPS) is 17.4. The van der Waals surface area contributed by atoms with Crippen molar-refractivity contribution >= 4 is 0 Å². The molecule has 0 bridgehead atoms. The Hall–Kier alpha value is -0.140. The van der Waals surface area contributed by atoms with Gasteiger partial charge in [-0.05, 0) is 24.7 Å². The molecule has 2 heteroatoms. The van der Waals surface area contributed by atoms with Crippen molar-refractivity contribution in [1.82, 2.24) is 0 Å². The van der Waals surface area contributed by atoms with Crippen LogP contribution in [0.1, 0.15) is 66.2 Å². The van der Waals surface area contributed by atoms with Crippen LogP contribution >= 0.6 is 0 Å². The van der Waals surface area contributed by atoms with E-state index in [9.17, 15) is 8.78 Å². The van der Waals surface area contributed by atoms with Crippen LogP contribution in [0.4, 0.5) is 8.78 Å². The summed E-state index contributed by atoms with van der Waals surface area (Å²) in [4.78, 5) is 0. The van der Waals surface area contributed by atoms with Crippen molar-refractivity contribution in [3.8, 4) is 0 Å². The van der Waals surface area contributed by atoms with E-state index in [1.54, 1.807) is 0 Å². The Morgan fingerprint density at radius 3 is 1.88 bits per heavy atom. The third-order valence-electron chi connectivity index (χ3n) is 3.77. The highest BCUT2D eigenvalue weighted by atomic mass is 19.2. The molecule has 0 rings (SSSR count). The van der Waals surface area contributed by atoms with Gasteiger partial charge in [0, 0.05) is 0 Å². The molecule has 0 heterocycles. The van der Waals surface area contributed by atoms with E-state index in [1.165, 1.54) is 0 Å². The Bertz CT molecular complexity index is 166. The molecule has 0 aromatic rings. The van der Waals surface area contributed by atoms with Crippen molar-refractivity contribution in [1.29, 1.82) is 0 Å². The molecule has 2 atom stereocenters. The summed E-state index contributed by atoms with van der Waals surface area (Å²) in [6, 6.07) is 0. The molecule has 0 nitrogen and oxygen atoms in total. The van der Waals surface area contributed by atoms with Gasteiger partial charge in [-0.2, -0.15) is 0 Å². The smallest absolute Gasteiger partial charge is 0.142 e. The predicted octanol–water partition coefficient (Wildman–Crippen LogP) is 5.32. The largest absolute Gasteiger partial charge is 0.248 e. The molecular formula is C14H28F2. The molecule has 0 aliphatic carbocycles. The fourth-order valence-electron chi connectivity index (χ4n) is 2.85. The van der Waals surface area contributed by atoms with Gasteiger partial charge in [0.2, 0.25) is 0 Å². The minimum Gasteiger partial charge on any atom is -0.248 e. The first-order valence-electron chi connectivity index (χ1n) is 6.84. The van der Waals surface area contributed by atoms with Gasteiger partial charge >= 0.3 is 0 Å². The van der Waals surface area contributed by atoms with Gasteiger partial charge in [0.15, 0.2) is 0 Å². The fourth-order valence-corrected chi connectivity index (χ4v) is 2.85. The van der Waals surface area contributed by atoms with Gasteiger partial charge < -0.3 is 0 Å². The van der Waals surface area contributed by atoms with Crippen molar-refractivity contribution in [2.45, 2.75) is 71.9 Å². The summed E-state index contributed by atoms with van der Waals surface area (Å²) < 4.78 is 27.7. The van der Waals surface area contributed by atoms with Gasteiger partial charge in [0.25, 0.3) is 0 Å². The lowest BCUT2D eigenvalue weighted by molar-refractivity contribution is 0.00241. The van der Waals surface area contributed by atoms with E-state index < -0.39 is 12.3 Å². The number of alkyl halides is 2. The molecule has 0 amide bonds. The van der Waals surface area contributed by atoms with Crippen LogP contribution in [0.5, 0.6) is 0 Å². The third-order valence-corrected chi connectivity index (χ3v) is 3.77. The zero-order valence-corrected chi connectivity index (χ0v) is 11.4. The van der Waals surface area contributed by atoms with Crippen LogP contribution in [0, 0.1) is 11.8 Å². The lowest BCUT2D eigenvalue weighted by Gasteiger charge is -2.36. The van der Waals surface area contributed by atoms with Gasteiger partial charge in [0.1, 0.15) is 12.3 Å². The SMILES string of the molecule is CCCC(C(CC)CC)C(F)(CF)CCC. The summed E-state index contributed by atoms with van der Waals surface area (Å²) in [6.45, 7) is 7.34. The molecule has 0 fully saturated rings. The molecule has 16 heavy (non-hydrogen) atoms. The number of rotatable bonds is 9. The van der Waals surface area contributed by atoms with Crippen molar-refractivity contribution in [2.75, 3.05) is 6.67 Å². The van der Waals surface area contributed by atoms with E-state index in [2.05, 4.69) is 20.8 Å². The average molecular weight is 234 g/mol. The van der Waals surface area contributed by atoms with Gasteiger partial charge in [-0.3, -0.25) is 0 Å². The lowest BCUT2D eigenvalue weighted by atomic mass is 9.73. The van der Waals surface area contributed by atoms with Crippen LogP contribution in [-0.2, 0) is 0 Å². The van der Waals surface area contributed by atoms with E-state index >= 15 is 0 Å². The fraction of sp³-hybridized carbons (Fsp3) is 1.00. The first-order valence-corrected chi connectivity index (χ1v) is 6.84. The van der Waals surface area contributed by atoms with Crippen LogP contribution in [0.25, 0.3) is 0 Å². The Morgan fingerprint density at radius 2 is 1.56 bits per heavy atom. The molecule has 0 aliphatic heterocycles. The van der Waals surface area contributed by atoms with Crippen LogP contribution in [0.2, 0.25) is 0 Å². The molecule has 0 saturated carbocycles. The molecule has 0 aromatic heterocycles. The topological polar surface area (TPSA) is 0 Å². The van der Waals surface area contributed by atoms with Gasteiger partial charge in [-0.15, -0.1) is 0 Å².